The Morgan fingerprint density at radius 2 is 1.64 bits per heavy atom. The summed E-state index contributed by atoms with van der Waals surface area (Å²) in [5.41, 5.74) is 0. The Kier molecular flexibility index (Phi) is 4.63. The molecule has 1 aliphatic heterocycles. The van der Waals surface area contributed by atoms with E-state index in [2.05, 4.69) is 14.2 Å². The zero-order valence-electron chi connectivity index (χ0n) is 11.3. The van der Waals surface area contributed by atoms with Crippen molar-refractivity contribution in [1.29, 1.82) is 0 Å². The van der Waals surface area contributed by atoms with Gasteiger partial charge in [0.05, 0.1) is 0 Å². The molecule has 2 unspecified atom stereocenters. The fraction of sp³-hybridized carbons (Fsp3) is 0.875. The van der Waals surface area contributed by atoms with E-state index in [1.54, 1.807) is 0 Å². The SMILES string of the molecule is C[C]1([Cf]=[C](F)F)OCC(F)(C(F)(F)OC(F)(F)C(F)(F)S(=O)(=O)F)O1. The Morgan fingerprint density at radius 3 is 2.04 bits per heavy atom. The van der Waals surface area contributed by atoms with Gasteiger partial charge in [-0.3, -0.25) is 0 Å². The molecule has 17 heteroatoms. The van der Waals surface area contributed by atoms with Crippen LogP contribution in [0.25, 0.3) is 0 Å². The molecule has 0 N–H and O–H groups in total. The van der Waals surface area contributed by atoms with Gasteiger partial charge < -0.3 is 0 Å². The first kappa shape index (κ1) is 21.0. The van der Waals surface area contributed by atoms with Gasteiger partial charge in [0, 0.05) is 0 Å². The molecular weight excluding hydrogens is 649 g/mol. The molecule has 1 aliphatic rings. The average Bonchev–Trinajstić information content (AvgIpc) is 2.62. The van der Waals surface area contributed by atoms with Crippen LogP contribution in [0.3, 0.4) is 0 Å². The van der Waals surface area contributed by atoms with Crippen LogP contribution in [0, 0.1) is 0 Å². The van der Waals surface area contributed by atoms with E-state index in [1.807, 2.05) is 0 Å². The summed E-state index contributed by atoms with van der Waals surface area (Å²) in [4.78, 5) is 0. The summed E-state index contributed by atoms with van der Waals surface area (Å²) in [7, 11) is -7.45. The fourth-order valence-electron chi connectivity index (χ4n) is 1.28. The van der Waals surface area contributed by atoms with Gasteiger partial charge in [-0.1, -0.05) is 0 Å². The maximum atomic E-state index is 14.0. The van der Waals surface area contributed by atoms with E-state index in [0.29, 0.717) is 6.92 Å². The molecule has 2 atom stereocenters. The minimum atomic E-state index is -7.45. The van der Waals surface area contributed by atoms with Crippen LogP contribution in [0.1, 0.15) is 6.92 Å². The van der Waals surface area contributed by atoms with Crippen molar-refractivity contribution < 1.29 is 66.0 Å². The molecule has 1 heterocycles. The predicted molar refractivity (Wildman–Crippen MR) is 52.5 cm³/mol. The molecule has 0 aliphatic carbocycles. The standard InChI is InChI=1S/C7H5F8O5S.CF2.Cf/c1-3-18-2-4(8,19-3)5(9,10)20-6(11,12)7(13,14)21(15,16)17;2-1-3;/h2H2,1H3;;. The zero-order valence-corrected chi connectivity index (χ0v) is 14.7. The summed E-state index contributed by atoms with van der Waals surface area (Å²) in [5, 5.41) is -6.81. The van der Waals surface area contributed by atoms with Crippen molar-refractivity contribution in [2.75, 3.05) is 6.61 Å². The van der Waals surface area contributed by atoms with Crippen LogP contribution in [0.2, 0.25) is 0 Å². The summed E-state index contributed by atoms with van der Waals surface area (Å²) in [6.07, 6.45) is -15.4. The maximum absolute atomic E-state index is 14.0. The van der Waals surface area contributed by atoms with Crippen molar-refractivity contribution in [2.45, 2.75) is 36.5 Å². The molecular formula is C8H5CfF10O5S. The van der Waals surface area contributed by atoms with Gasteiger partial charge in [0.15, 0.2) is 0 Å². The summed E-state index contributed by atoms with van der Waals surface area (Å²) < 4.78 is 156. The Hall–Kier alpha value is -2.00. The van der Waals surface area contributed by atoms with Crippen molar-refractivity contribution in [2.24, 2.45) is 0 Å². The third-order valence-corrected chi connectivity index (χ3v) is 5.58. The molecule has 0 aromatic rings. The quantitative estimate of drug-likeness (QED) is 0.326. The molecule has 1 rings (SSSR count). The van der Waals surface area contributed by atoms with Crippen molar-refractivity contribution in [3.63, 3.8) is 0 Å². The topological polar surface area (TPSA) is 61.8 Å². The normalized spacial score (nSPS) is 28.8. The molecule has 5 nitrogen and oxygen atoms in total. The average molecular weight is 654 g/mol. The summed E-state index contributed by atoms with van der Waals surface area (Å²) in [6.45, 7) is -3.80. The van der Waals surface area contributed by atoms with E-state index in [4.69, 9.17) is 0 Å². The first-order valence-electron chi connectivity index (χ1n) is 5.37. The molecule has 1 fully saturated rings. The van der Waals surface area contributed by atoms with E-state index in [9.17, 15) is 51.8 Å². The molecule has 0 radical (unpaired) electrons. The summed E-state index contributed by atoms with van der Waals surface area (Å²) >= 11 is 0. The molecule has 0 saturated carbocycles. The van der Waals surface area contributed by atoms with Gasteiger partial charge in [0.2, 0.25) is 0 Å². The fourth-order valence-corrected chi connectivity index (χ4v) is 3.45. The van der Waals surface area contributed by atoms with Crippen molar-refractivity contribution in [3.8, 4) is 0 Å². The van der Waals surface area contributed by atoms with Gasteiger partial charge in [-0.2, -0.15) is 0 Å². The Morgan fingerprint density at radius 1 is 1.16 bits per heavy atom. The number of hydrogen-bond acceptors (Lipinski definition) is 5. The van der Waals surface area contributed by atoms with E-state index in [0.717, 1.165) is 0 Å². The van der Waals surface area contributed by atoms with Crippen LogP contribution >= 0.6 is 0 Å². The first-order chi connectivity index (χ1) is 10.8. The first-order valence-corrected chi connectivity index (χ1v) is 9.39. The molecule has 0 amide bonds. The van der Waals surface area contributed by atoms with Crippen molar-refractivity contribution in [1.82, 2.24) is 0 Å². The number of halogens is 10. The minimum absolute atomic E-state index is 0.554. The molecule has 0 aromatic heterocycles. The van der Waals surface area contributed by atoms with Crippen LogP contribution in [0.5, 0.6) is 0 Å². The Labute approximate surface area is 127 Å². The Balaban J connectivity index is 3.16. The molecule has 153 valence electrons. The second-order valence-electron chi connectivity index (χ2n) is 4.26. The zero-order chi connectivity index (χ0) is 20.1. The molecule has 0 aromatic carbocycles. The number of alkyl halides is 7. The van der Waals surface area contributed by atoms with E-state index >= 15 is 0 Å². The molecule has 1 saturated heterocycles. The number of hydrogen-bond donors (Lipinski definition) is 0. The van der Waals surface area contributed by atoms with Crippen LogP contribution in [-0.2, 0) is 24.4 Å². The summed E-state index contributed by atoms with van der Waals surface area (Å²) in [6, 6.07) is 0. The van der Waals surface area contributed by atoms with Gasteiger partial charge in [0.25, 0.3) is 0 Å². The van der Waals surface area contributed by atoms with E-state index in [-0.39, 0.29) is 0 Å². The second kappa shape index (κ2) is 5.50. The van der Waals surface area contributed by atoms with Crippen LogP contribution in [-0.4, -0.2) is 51.6 Å². The van der Waals surface area contributed by atoms with Crippen molar-refractivity contribution >= 4 is 17.2 Å². The van der Waals surface area contributed by atoms with Gasteiger partial charge in [0.1, 0.15) is 0 Å². The number of rotatable bonds is 6. The molecule has 0 spiro atoms. The van der Waals surface area contributed by atoms with Gasteiger partial charge in [-0.05, 0) is 0 Å². The number of ether oxygens (including phenoxy) is 3. The Bertz CT molecular complexity index is 664. The summed E-state index contributed by atoms with van der Waals surface area (Å²) in [5.74, 6) is -4.76. The van der Waals surface area contributed by atoms with Crippen LogP contribution in [0.15, 0.2) is 0 Å². The third kappa shape index (κ3) is 3.67. The monoisotopic (exact) mass is 652 g/mol. The molecule has 25 heavy (non-hydrogen) atoms. The van der Waals surface area contributed by atoms with Crippen molar-refractivity contribution in [3.05, 3.63) is 0 Å². The van der Waals surface area contributed by atoms with Crippen LogP contribution < -0.4 is 0 Å². The van der Waals surface area contributed by atoms with Gasteiger partial charge >= 0.3 is 126 Å². The third-order valence-electron chi connectivity index (χ3n) is 2.38. The van der Waals surface area contributed by atoms with E-state index < -0.39 is 53.4 Å². The van der Waals surface area contributed by atoms with E-state index in [1.165, 1.54) is 0 Å². The molecule has 0 bridgehead atoms. The van der Waals surface area contributed by atoms with Gasteiger partial charge in [-0.15, -0.1) is 0 Å². The predicted octanol–water partition coefficient (Wildman–Crippen LogP) is 2.58. The van der Waals surface area contributed by atoms with Gasteiger partial charge in [-0.25, -0.2) is 0 Å². The van der Waals surface area contributed by atoms with Crippen LogP contribution in [0.4, 0.5) is 43.4 Å². The second-order valence-corrected chi connectivity index (χ2v) is 9.69.